The Kier molecular flexibility index (Phi) is 5.48. The molecule has 1 N–H and O–H groups in total. The first kappa shape index (κ1) is 14.0. The lowest BCUT2D eigenvalue weighted by Gasteiger charge is -2.05. The van der Waals surface area contributed by atoms with Gasteiger partial charge in [-0.2, -0.15) is 5.10 Å². The highest BCUT2D eigenvalue weighted by molar-refractivity contribution is 6.20. The van der Waals surface area contributed by atoms with E-state index in [0.717, 1.165) is 25.0 Å². The molecule has 1 aromatic heterocycles. The van der Waals surface area contributed by atoms with Crippen molar-refractivity contribution in [1.29, 1.82) is 0 Å². The monoisotopic (exact) mass is 257 g/mol. The van der Waals surface area contributed by atoms with E-state index in [0.29, 0.717) is 12.2 Å². The fourth-order valence-corrected chi connectivity index (χ4v) is 1.74. The van der Waals surface area contributed by atoms with E-state index in [-0.39, 0.29) is 11.3 Å². The molecular formula is C12H20ClN3O. The summed E-state index contributed by atoms with van der Waals surface area (Å²) in [5.74, 6) is -0.0677. The number of hydrogen-bond donors (Lipinski definition) is 1. The van der Waals surface area contributed by atoms with Gasteiger partial charge in [-0.05, 0) is 32.3 Å². The average molecular weight is 258 g/mol. The largest absolute Gasteiger partial charge is 0.351 e. The van der Waals surface area contributed by atoms with Crippen LogP contribution in [0.5, 0.6) is 0 Å². The zero-order chi connectivity index (χ0) is 12.8. The average Bonchev–Trinajstić information content (AvgIpc) is 2.65. The van der Waals surface area contributed by atoms with Gasteiger partial charge in [-0.1, -0.05) is 6.92 Å². The fraction of sp³-hybridized carbons (Fsp3) is 0.667. The summed E-state index contributed by atoms with van der Waals surface area (Å²) in [5.41, 5.74) is 1.55. The van der Waals surface area contributed by atoms with Crippen molar-refractivity contribution in [3.05, 3.63) is 17.5 Å². The molecule has 0 aromatic carbocycles. The standard InChI is InChI=1S/C12H20ClN3O/c1-4-10-8-11(16(3)15-10)12(17)14-7-5-6-9(2)13/h8-9H,4-7H2,1-3H3,(H,14,17). The Labute approximate surface area is 107 Å². The highest BCUT2D eigenvalue weighted by Gasteiger charge is 2.11. The molecule has 1 unspecified atom stereocenters. The van der Waals surface area contributed by atoms with E-state index < -0.39 is 0 Å². The predicted molar refractivity (Wildman–Crippen MR) is 69.5 cm³/mol. The number of alkyl halides is 1. The quantitative estimate of drug-likeness (QED) is 0.627. The Morgan fingerprint density at radius 1 is 1.65 bits per heavy atom. The van der Waals surface area contributed by atoms with Crippen LogP contribution < -0.4 is 5.32 Å². The molecule has 0 radical (unpaired) electrons. The normalized spacial score (nSPS) is 12.5. The summed E-state index contributed by atoms with van der Waals surface area (Å²) in [6, 6.07) is 1.83. The van der Waals surface area contributed by atoms with Crippen molar-refractivity contribution in [2.24, 2.45) is 7.05 Å². The van der Waals surface area contributed by atoms with E-state index in [4.69, 9.17) is 11.6 Å². The van der Waals surface area contributed by atoms with Crippen molar-refractivity contribution in [2.45, 2.75) is 38.5 Å². The van der Waals surface area contributed by atoms with E-state index in [1.165, 1.54) is 0 Å². The summed E-state index contributed by atoms with van der Waals surface area (Å²) in [4.78, 5) is 11.8. The van der Waals surface area contributed by atoms with Crippen LogP contribution in [0.15, 0.2) is 6.07 Å². The molecule has 96 valence electrons. The molecule has 0 fully saturated rings. The van der Waals surface area contributed by atoms with Crippen LogP contribution in [0.2, 0.25) is 0 Å². The second-order valence-electron chi connectivity index (χ2n) is 4.18. The molecule has 0 aliphatic rings. The Bertz CT molecular complexity index is 374. The Morgan fingerprint density at radius 2 is 2.35 bits per heavy atom. The molecule has 0 aliphatic heterocycles. The number of hydrogen-bond acceptors (Lipinski definition) is 2. The van der Waals surface area contributed by atoms with Crippen molar-refractivity contribution in [1.82, 2.24) is 15.1 Å². The molecule has 5 heteroatoms. The molecule has 0 bridgehead atoms. The number of rotatable bonds is 6. The van der Waals surface area contributed by atoms with Gasteiger partial charge in [-0.3, -0.25) is 9.48 Å². The maximum absolute atomic E-state index is 11.8. The lowest BCUT2D eigenvalue weighted by molar-refractivity contribution is 0.0943. The maximum atomic E-state index is 11.8. The number of halogens is 1. The second-order valence-corrected chi connectivity index (χ2v) is 4.92. The zero-order valence-electron chi connectivity index (χ0n) is 10.7. The molecule has 1 heterocycles. The van der Waals surface area contributed by atoms with Gasteiger partial charge >= 0.3 is 0 Å². The highest BCUT2D eigenvalue weighted by Crippen LogP contribution is 2.05. The van der Waals surface area contributed by atoms with E-state index >= 15 is 0 Å². The minimum Gasteiger partial charge on any atom is -0.351 e. The Balaban J connectivity index is 2.44. The molecule has 17 heavy (non-hydrogen) atoms. The first-order valence-electron chi connectivity index (χ1n) is 5.99. The van der Waals surface area contributed by atoms with Crippen molar-refractivity contribution >= 4 is 17.5 Å². The molecule has 0 spiro atoms. The molecule has 0 aliphatic carbocycles. The van der Waals surface area contributed by atoms with Gasteiger partial charge in [-0.15, -0.1) is 11.6 Å². The number of amides is 1. The third-order valence-corrected chi connectivity index (χ3v) is 2.81. The van der Waals surface area contributed by atoms with Gasteiger partial charge in [-0.25, -0.2) is 0 Å². The molecule has 0 saturated carbocycles. The van der Waals surface area contributed by atoms with E-state index in [1.807, 2.05) is 19.9 Å². The third kappa shape index (κ3) is 4.38. The maximum Gasteiger partial charge on any atom is 0.269 e. The van der Waals surface area contributed by atoms with Crippen LogP contribution in [-0.4, -0.2) is 27.6 Å². The summed E-state index contributed by atoms with van der Waals surface area (Å²) in [6.07, 6.45) is 2.65. The zero-order valence-corrected chi connectivity index (χ0v) is 11.4. The molecule has 1 rings (SSSR count). The molecule has 1 atom stereocenters. The molecule has 1 aromatic rings. The van der Waals surface area contributed by atoms with Crippen LogP contribution >= 0.6 is 11.6 Å². The van der Waals surface area contributed by atoms with Gasteiger partial charge in [0.2, 0.25) is 0 Å². The summed E-state index contributed by atoms with van der Waals surface area (Å²) in [5, 5.41) is 7.28. The van der Waals surface area contributed by atoms with Crippen LogP contribution in [-0.2, 0) is 13.5 Å². The fourth-order valence-electron chi connectivity index (χ4n) is 1.59. The second kappa shape index (κ2) is 6.64. The first-order chi connectivity index (χ1) is 8.04. The van der Waals surface area contributed by atoms with Crippen molar-refractivity contribution < 1.29 is 4.79 Å². The van der Waals surface area contributed by atoms with Gasteiger partial charge in [0.05, 0.1) is 5.69 Å². The van der Waals surface area contributed by atoms with Gasteiger partial charge in [0.1, 0.15) is 5.69 Å². The van der Waals surface area contributed by atoms with Crippen LogP contribution in [0.25, 0.3) is 0 Å². The molecule has 0 saturated heterocycles. The summed E-state index contributed by atoms with van der Waals surface area (Å²) in [6.45, 7) is 4.63. The van der Waals surface area contributed by atoms with E-state index in [2.05, 4.69) is 10.4 Å². The minimum atomic E-state index is -0.0677. The van der Waals surface area contributed by atoms with Gasteiger partial charge in [0, 0.05) is 19.0 Å². The number of carbonyl (C=O) groups is 1. The Morgan fingerprint density at radius 3 is 2.88 bits per heavy atom. The smallest absolute Gasteiger partial charge is 0.269 e. The van der Waals surface area contributed by atoms with Gasteiger partial charge in [0.25, 0.3) is 5.91 Å². The number of nitrogens with zero attached hydrogens (tertiary/aromatic N) is 2. The number of aromatic nitrogens is 2. The van der Waals surface area contributed by atoms with Crippen molar-refractivity contribution in [3.8, 4) is 0 Å². The third-order valence-electron chi connectivity index (χ3n) is 2.59. The highest BCUT2D eigenvalue weighted by atomic mass is 35.5. The van der Waals surface area contributed by atoms with Crippen molar-refractivity contribution in [3.63, 3.8) is 0 Å². The molecular weight excluding hydrogens is 238 g/mol. The lowest BCUT2D eigenvalue weighted by atomic mass is 10.2. The van der Waals surface area contributed by atoms with Crippen molar-refractivity contribution in [2.75, 3.05) is 6.54 Å². The van der Waals surface area contributed by atoms with Gasteiger partial charge < -0.3 is 5.32 Å². The summed E-state index contributed by atoms with van der Waals surface area (Å²) < 4.78 is 1.62. The number of aryl methyl sites for hydroxylation is 2. The SMILES string of the molecule is CCc1cc(C(=O)NCCCC(C)Cl)n(C)n1. The predicted octanol–water partition coefficient (Wildman–Crippen LogP) is 2.12. The summed E-state index contributed by atoms with van der Waals surface area (Å²) >= 11 is 5.83. The minimum absolute atomic E-state index is 0.0677. The first-order valence-corrected chi connectivity index (χ1v) is 6.43. The lowest BCUT2D eigenvalue weighted by Crippen LogP contribution is -2.26. The van der Waals surface area contributed by atoms with E-state index in [1.54, 1.807) is 11.7 Å². The Hall–Kier alpha value is -1.03. The van der Waals surface area contributed by atoms with Crippen LogP contribution in [0.1, 0.15) is 42.9 Å². The number of nitrogens with one attached hydrogen (secondary N) is 1. The molecule has 4 nitrogen and oxygen atoms in total. The van der Waals surface area contributed by atoms with Crippen LogP contribution in [0, 0.1) is 0 Å². The number of carbonyl (C=O) groups excluding carboxylic acids is 1. The van der Waals surface area contributed by atoms with Crippen LogP contribution in [0.3, 0.4) is 0 Å². The summed E-state index contributed by atoms with van der Waals surface area (Å²) in [7, 11) is 1.79. The van der Waals surface area contributed by atoms with E-state index in [9.17, 15) is 4.79 Å². The van der Waals surface area contributed by atoms with Gasteiger partial charge in [0.15, 0.2) is 0 Å². The molecule has 1 amide bonds. The topological polar surface area (TPSA) is 46.9 Å². The van der Waals surface area contributed by atoms with Crippen LogP contribution in [0.4, 0.5) is 0 Å².